The average Bonchev–Trinajstić information content (AvgIpc) is 2.86. The summed E-state index contributed by atoms with van der Waals surface area (Å²) in [6.07, 6.45) is 3.31. The first-order chi connectivity index (χ1) is 17.5. The Morgan fingerprint density at radius 3 is 2.41 bits per heavy atom. The molecule has 1 fully saturated rings. The second-order valence-corrected chi connectivity index (χ2v) is 9.06. The zero-order valence-electron chi connectivity index (χ0n) is 22.3. The van der Waals surface area contributed by atoms with Gasteiger partial charge in [-0.2, -0.15) is 0 Å². The molecule has 0 aromatic heterocycles. The maximum atomic E-state index is 13.7. The quantitative estimate of drug-likeness (QED) is 0.137. The largest absolute Gasteiger partial charge is 0.342 e. The molecule has 37 heavy (non-hydrogen) atoms. The zero-order chi connectivity index (χ0) is 28.0. The van der Waals surface area contributed by atoms with Gasteiger partial charge in [0.2, 0.25) is 11.8 Å². The maximum Gasteiger partial charge on any atom is 0.329 e. The zero-order valence-corrected chi connectivity index (χ0v) is 22.3. The molecule has 0 unspecified atom stereocenters. The van der Waals surface area contributed by atoms with E-state index in [2.05, 4.69) is 22.5 Å². The molecule has 1 aliphatic rings. The molecule has 1 aliphatic heterocycles. The topological polar surface area (TPSA) is 146 Å². The summed E-state index contributed by atoms with van der Waals surface area (Å²) in [5.41, 5.74) is 2.13. The molecule has 1 aromatic rings. The van der Waals surface area contributed by atoms with Crippen molar-refractivity contribution in [2.24, 2.45) is 5.84 Å². The number of nitrogens with one attached hydrogen (secondary N) is 4. The van der Waals surface area contributed by atoms with Crippen molar-refractivity contribution in [1.29, 1.82) is 0 Å². The fourth-order valence-electron chi connectivity index (χ4n) is 3.96. The number of benzene rings is 1. The second kappa shape index (κ2) is 15.7. The van der Waals surface area contributed by atoms with Gasteiger partial charge in [-0.1, -0.05) is 31.6 Å². The number of Topliss-reactive ketones (excluding diaryl/α,β-unsaturated/α-hetero) is 1. The van der Waals surface area contributed by atoms with Crippen LogP contribution in [-0.2, 0) is 20.9 Å². The Bertz CT molecular complexity index is 966. The summed E-state index contributed by atoms with van der Waals surface area (Å²) in [6.45, 7) is 11.3. The van der Waals surface area contributed by atoms with Crippen molar-refractivity contribution in [1.82, 2.24) is 26.3 Å². The van der Waals surface area contributed by atoms with Crippen LogP contribution in [0.2, 0.25) is 0 Å². The maximum absolute atomic E-state index is 13.7. The lowest BCUT2D eigenvalue weighted by Gasteiger charge is -2.41. The van der Waals surface area contributed by atoms with Crippen LogP contribution in [0.3, 0.4) is 0 Å². The highest BCUT2D eigenvalue weighted by atomic mass is 19.1. The van der Waals surface area contributed by atoms with E-state index in [0.717, 1.165) is 5.56 Å². The average molecular weight is 529 g/mol. The van der Waals surface area contributed by atoms with Crippen molar-refractivity contribution >= 4 is 23.6 Å². The third-order valence-corrected chi connectivity index (χ3v) is 6.18. The van der Waals surface area contributed by atoms with Gasteiger partial charge in [0.1, 0.15) is 17.4 Å². The van der Waals surface area contributed by atoms with E-state index in [9.17, 15) is 23.6 Å². The highest BCUT2D eigenvalue weighted by Gasteiger charge is 2.42. The van der Waals surface area contributed by atoms with E-state index in [1.807, 2.05) is 19.3 Å². The Kier molecular flexibility index (Phi) is 13.5. The van der Waals surface area contributed by atoms with Crippen LogP contribution in [0, 0.1) is 12.7 Å². The van der Waals surface area contributed by atoms with Crippen LogP contribution >= 0.6 is 0 Å². The minimum atomic E-state index is -1.10. The SMILES string of the molecule is C=CC.CCC[C@H](NC(=O)NN)C(=O)NC1(C(C)=O)CCN(C(=O)CNCc2ccc(C)c(F)c2)CC1.[HH].[HH].[HH].[HH]. The molecule has 1 heterocycles. The summed E-state index contributed by atoms with van der Waals surface area (Å²) in [5.74, 6) is 4.00. The molecule has 1 saturated heterocycles. The Morgan fingerprint density at radius 2 is 1.89 bits per heavy atom. The first-order valence-electron chi connectivity index (χ1n) is 12.4. The molecule has 2 rings (SSSR count). The normalized spacial score (nSPS) is 14.9. The van der Waals surface area contributed by atoms with Crippen molar-refractivity contribution in [3.8, 4) is 0 Å². The first kappa shape index (κ1) is 31.7. The number of nitrogens with zero attached hydrogens (tertiary/aromatic N) is 1. The number of allylic oxidation sites excluding steroid dienone is 1. The van der Waals surface area contributed by atoms with Gasteiger partial charge < -0.3 is 20.9 Å². The number of urea groups is 1. The Balaban J connectivity index is -0.000000935. The van der Waals surface area contributed by atoms with Gasteiger partial charge in [0.05, 0.1) is 6.54 Å². The third kappa shape index (κ3) is 9.93. The molecule has 6 N–H and O–H groups in total. The number of halogens is 1. The molecule has 0 radical (unpaired) electrons. The van der Waals surface area contributed by atoms with E-state index in [-0.39, 0.29) is 42.6 Å². The number of carbonyl (C=O) groups is 4. The van der Waals surface area contributed by atoms with Crippen molar-refractivity contribution in [3.05, 3.63) is 47.8 Å². The van der Waals surface area contributed by atoms with Crippen molar-refractivity contribution in [2.45, 2.75) is 71.5 Å². The summed E-state index contributed by atoms with van der Waals surface area (Å²) in [6, 6.07) is 3.41. The number of likely N-dealkylation sites (tertiary alicyclic amines) is 1. The van der Waals surface area contributed by atoms with Gasteiger partial charge in [0, 0.05) is 25.3 Å². The number of piperidine rings is 1. The molecule has 10 nitrogen and oxygen atoms in total. The van der Waals surface area contributed by atoms with E-state index in [1.165, 1.54) is 13.0 Å². The van der Waals surface area contributed by atoms with E-state index >= 15 is 0 Å². The van der Waals surface area contributed by atoms with Gasteiger partial charge >= 0.3 is 6.03 Å². The van der Waals surface area contributed by atoms with Crippen LogP contribution in [0.25, 0.3) is 0 Å². The molecule has 1 atom stereocenters. The number of ketones is 1. The molecular formula is C26H49FN6O4. The van der Waals surface area contributed by atoms with Gasteiger partial charge in [0.15, 0.2) is 5.78 Å². The number of amides is 4. The van der Waals surface area contributed by atoms with E-state index in [1.54, 1.807) is 30.0 Å². The summed E-state index contributed by atoms with van der Waals surface area (Å²) in [5, 5.41) is 8.33. The number of hydrogen-bond acceptors (Lipinski definition) is 6. The van der Waals surface area contributed by atoms with Gasteiger partial charge in [-0.3, -0.25) is 19.8 Å². The third-order valence-electron chi connectivity index (χ3n) is 6.18. The number of hydrazine groups is 1. The molecule has 11 heteroatoms. The first-order valence-corrected chi connectivity index (χ1v) is 12.4. The number of hydrogen-bond donors (Lipinski definition) is 5. The van der Waals surface area contributed by atoms with Crippen LogP contribution in [-0.4, -0.2) is 59.7 Å². The highest BCUT2D eigenvalue weighted by Crippen LogP contribution is 2.24. The minimum absolute atomic E-state index is 0. The molecule has 214 valence electrons. The lowest BCUT2D eigenvalue weighted by molar-refractivity contribution is -0.138. The summed E-state index contributed by atoms with van der Waals surface area (Å²) >= 11 is 0. The van der Waals surface area contributed by atoms with Crippen molar-refractivity contribution in [2.75, 3.05) is 19.6 Å². The van der Waals surface area contributed by atoms with E-state index in [0.29, 0.717) is 38.0 Å². The number of rotatable bonds is 10. The lowest BCUT2D eigenvalue weighted by Crippen LogP contribution is -2.63. The standard InChI is InChI=1S/C23H35FN6O4.C3H6.4H2/c1-4-5-19(27-22(34)29-25)21(33)28-23(16(3)31)8-10-30(11-9-23)20(32)14-26-13-17-7-6-15(2)18(24)12-17;1-3-2;;;;/h6-7,12,19,26H,4-5,8-11,13-14,25H2,1-3H3,(H,28,33)(H2,27,29,34);3H,1H2,2H3;4*1H/t19-;;;;;/m0...../s1. The second-order valence-electron chi connectivity index (χ2n) is 9.06. The molecule has 4 amide bonds. The smallest absolute Gasteiger partial charge is 0.329 e. The van der Waals surface area contributed by atoms with E-state index in [4.69, 9.17) is 5.84 Å². The van der Waals surface area contributed by atoms with Crippen molar-refractivity contribution < 1.29 is 29.3 Å². The molecule has 0 spiro atoms. The summed E-state index contributed by atoms with van der Waals surface area (Å²) < 4.78 is 13.7. The number of aryl methyl sites for hydroxylation is 1. The van der Waals surface area contributed by atoms with Crippen LogP contribution in [0.4, 0.5) is 9.18 Å². The van der Waals surface area contributed by atoms with Crippen molar-refractivity contribution in [3.63, 3.8) is 0 Å². The van der Waals surface area contributed by atoms with Gasteiger partial charge in [-0.05, 0) is 57.2 Å². The number of carbonyl (C=O) groups excluding carboxylic acids is 4. The molecular weight excluding hydrogens is 479 g/mol. The molecule has 0 bridgehead atoms. The van der Waals surface area contributed by atoms with Crippen LogP contribution in [0.5, 0.6) is 0 Å². The van der Waals surface area contributed by atoms with Crippen LogP contribution in [0.1, 0.15) is 63.3 Å². The van der Waals surface area contributed by atoms with Gasteiger partial charge in [0.25, 0.3) is 0 Å². The summed E-state index contributed by atoms with van der Waals surface area (Å²) in [7, 11) is 0. The lowest BCUT2D eigenvalue weighted by atomic mass is 9.83. The minimum Gasteiger partial charge on any atom is -0.342 e. The van der Waals surface area contributed by atoms with E-state index < -0.39 is 23.5 Å². The van der Waals surface area contributed by atoms with Crippen LogP contribution in [0.15, 0.2) is 30.9 Å². The van der Waals surface area contributed by atoms with Gasteiger partial charge in [-0.25, -0.2) is 15.0 Å². The molecule has 0 saturated carbocycles. The Labute approximate surface area is 224 Å². The predicted octanol–water partition coefficient (Wildman–Crippen LogP) is 2.81. The van der Waals surface area contributed by atoms with Gasteiger partial charge in [-0.15, -0.1) is 6.58 Å². The monoisotopic (exact) mass is 528 g/mol. The predicted molar refractivity (Wildman–Crippen MR) is 149 cm³/mol. The van der Waals surface area contributed by atoms with Crippen LogP contribution < -0.4 is 27.2 Å². The molecule has 1 aromatic carbocycles. The molecule has 0 aliphatic carbocycles. The fourth-order valence-corrected chi connectivity index (χ4v) is 3.96. The fraction of sp³-hybridized carbons (Fsp3) is 0.538. The Morgan fingerprint density at radius 1 is 1.27 bits per heavy atom. The highest BCUT2D eigenvalue weighted by molar-refractivity contribution is 5.94. The summed E-state index contributed by atoms with van der Waals surface area (Å²) in [4.78, 5) is 51.1. The Hall–Kier alpha value is -3.31. The number of nitrogens with two attached hydrogens (primary N) is 1.